The molecule has 0 aliphatic heterocycles. The number of carbonyl (C=O) groups is 1. The number of carbonyl (C=O) groups excluding carboxylic acids is 1. The summed E-state index contributed by atoms with van der Waals surface area (Å²) in [6.07, 6.45) is 1.46. The standard InChI is InChI=1S/C22H27N5O2S/c1-3-19(20(28)24-17-10-12-18(13-11-17)29-4-2)27-21(23)25-26-22(27)30-15-14-16-8-6-5-7-9-16/h5-13,19H,3-4,14-15H2,1-2H3,(H2,23,25)(H,24,28). The predicted octanol–water partition coefficient (Wildman–Crippen LogP) is 4.18. The maximum absolute atomic E-state index is 13.0. The van der Waals surface area contributed by atoms with Crippen molar-refractivity contribution in [2.24, 2.45) is 0 Å². The first-order valence-electron chi connectivity index (χ1n) is 10.0. The smallest absolute Gasteiger partial charge is 0.247 e. The molecule has 0 spiro atoms. The Kier molecular flexibility index (Phi) is 7.73. The molecular formula is C22H27N5O2S. The first-order chi connectivity index (χ1) is 14.6. The van der Waals surface area contributed by atoms with E-state index in [0.29, 0.717) is 23.9 Å². The van der Waals surface area contributed by atoms with Gasteiger partial charge in [0.15, 0.2) is 5.16 Å². The first-order valence-corrected chi connectivity index (χ1v) is 11.0. The highest BCUT2D eigenvalue weighted by atomic mass is 32.2. The Morgan fingerprint density at radius 3 is 2.53 bits per heavy atom. The lowest BCUT2D eigenvalue weighted by Crippen LogP contribution is -2.27. The molecular weight excluding hydrogens is 398 g/mol. The summed E-state index contributed by atoms with van der Waals surface area (Å²) >= 11 is 1.55. The van der Waals surface area contributed by atoms with E-state index in [-0.39, 0.29) is 11.9 Å². The van der Waals surface area contributed by atoms with Crippen LogP contribution < -0.4 is 15.8 Å². The molecule has 2 aromatic carbocycles. The molecule has 1 heterocycles. The van der Waals surface area contributed by atoms with Crippen LogP contribution in [0.25, 0.3) is 0 Å². The molecule has 0 aliphatic rings. The molecule has 1 aromatic heterocycles. The van der Waals surface area contributed by atoms with Crippen LogP contribution >= 0.6 is 11.8 Å². The van der Waals surface area contributed by atoms with E-state index in [1.807, 2.05) is 56.3 Å². The van der Waals surface area contributed by atoms with Crippen molar-refractivity contribution in [2.45, 2.75) is 37.9 Å². The van der Waals surface area contributed by atoms with E-state index in [9.17, 15) is 4.79 Å². The molecule has 3 N–H and O–H groups in total. The Morgan fingerprint density at radius 2 is 1.87 bits per heavy atom. The summed E-state index contributed by atoms with van der Waals surface area (Å²) in [6, 6.07) is 17.1. The van der Waals surface area contributed by atoms with Gasteiger partial charge >= 0.3 is 0 Å². The molecule has 1 atom stereocenters. The normalized spacial score (nSPS) is 11.8. The van der Waals surface area contributed by atoms with Gasteiger partial charge in [0.2, 0.25) is 11.9 Å². The van der Waals surface area contributed by atoms with Crippen LogP contribution in [0, 0.1) is 0 Å². The Balaban J connectivity index is 1.67. The fraction of sp³-hybridized carbons (Fsp3) is 0.318. The van der Waals surface area contributed by atoms with E-state index in [0.717, 1.165) is 17.9 Å². The quantitative estimate of drug-likeness (QED) is 0.473. The van der Waals surface area contributed by atoms with Gasteiger partial charge in [-0.15, -0.1) is 10.2 Å². The summed E-state index contributed by atoms with van der Waals surface area (Å²) in [6.45, 7) is 4.47. The van der Waals surface area contributed by atoms with Crippen molar-refractivity contribution < 1.29 is 9.53 Å². The number of anilines is 2. The van der Waals surface area contributed by atoms with Gasteiger partial charge in [-0.25, -0.2) is 0 Å². The van der Waals surface area contributed by atoms with Crippen molar-refractivity contribution in [1.29, 1.82) is 0 Å². The van der Waals surface area contributed by atoms with Crippen LogP contribution in [-0.2, 0) is 11.2 Å². The second kappa shape index (κ2) is 10.7. The maximum atomic E-state index is 13.0. The third-order valence-corrected chi connectivity index (χ3v) is 5.53. The summed E-state index contributed by atoms with van der Waals surface area (Å²) in [5, 5.41) is 11.8. The number of hydrogen-bond donors (Lipinski definition) is 2. The lowest BCUT2D eigenvalue weighted by atomic mass is 10.2. The third-order valence-electron chi connectivity index (χ3n) is 4.59. The van der Waals surface area contributed by atoms with E-state index in [4.69, 9.17) is 10.5 Å². The number of benzene rings is 2. The van der Waals surface area contributed by atoms with E-state index < -0.39 is 6.04 Å². The van der Waals surface area contributed by atoms with Crippen LogP contribution in [0.1, 0.15) is 31.9 Å². The SMILES string of the molecule is CCOc1ccc(NC(=O)C(CC)n2c(N)nnc2SCCc2ccccc2)cc1. The predicted molar refractivity (Wildman–Crippen MR) is 121 cm³/mol. The number of amides is 1. The minimum absolute atomic E-state index is 0.155. The zero-order valence-electron chi connectivity index (χ0n) is 17.2. The monoisotopic (exact) mass is 425 g/mol. The third kappa shape index (κ3) is 5.54. The number of ether oxygens (including phenoxy) is 1. The largest absolute Gasteiger partial charge is 0.494 e. The van der Waals surface area contributed by atoms with E-state index in [2.05, 4.69) is 27.6 Å². The minimum atomic E-state index is -0.495. The number of thioether (sulfide) groups is 1. The highest BCUT2D eigenvalue weighted by molar-refractivity contribution is 7.99. The van der Waals surface area contributed by atoms with Crippen molar-refractivity contribution in [2.75, 3.05) is 23.4 Å². The molecule has 1 amide bonds. The lowest BCUT2D eigenvalue weighted by molar-refractivity contribution is -0.119. The van der Waals surface area contributed by atoms with E-state index in [1.54, 1.807) is 16.3 Å². The fourth-order valence-corrected chi connectivity index (χ4v) is 4.08. The van der Waals surface area contributed by atoms with Gasteiger partial charge in [0.1, 0.15) is 11.8 Å². The second-order valence-electron chi connectivity index (χ2n) is 6.67. The lowest BCUT2D eigenvalue weighted by Gasteiger charge is -2.19. The van der Waals surface area contributed by atoms with Gasteiger partial charge in [-0.2, -0.15) is 0 Å². The van der Waals surface area contributed by atoms with Crippen LogP contribution in [0.4, 0.5) is 11.6 Å². The number of nitrogens with two attached hydrogens (primary N) is 1. The Bertz CT molecular complexity index is 944. The molecule has 3 aromatic rings. The summed E-state index contributed by atoms with van der Waals surface area (Å²) in [4.78, 5) is 13.0. The number of rotatable bonds is 10. The van der Waals surface area contributed by atoms with Gasteiger partial charge in [-0.1, -0.05) is 49.0 Å². The molecule has 0 aliphatic carbocycles. The number of hydrogen-bond acceptors (Lipinski definition) is 6. The molecule has 0 radical (unpaired) electrons. The van der Waals surface area contributed by atoms with Crippen molar-refractivity contribution in [3.8, 4) is 5.75 Å². The van der Waals surface area contributed by atoms with Crippen LogP contribution in [0.3, 0.4) is 0 Å². The number of aromatic nitrogens is 3. The number of nitrogens with zero attached hydrogens (tertiary/aromatic N) is 3. The van der Waals surface area contributed by atoms with Crippen LogP contribution in [0.2, 0.25) is 0 Å². The van der Waals surface area contributed by atoms with Gasteiger partial charge in [-0.3, -0.25) is 9.36 Å². The second-order valence-corrected chi connectivity index (χ2v) is 7.73. The van der Waals surface area contributed by atoms with Crippen LogP contribution in [0.5, 0.6) is 5.75 Å². The Hall–Kier alpha value is -3.00. The van der Waals surface area contributed by atoms with Gasteiger partial charge in [0.05, 0.1) is 6.61 Å². The van der Waals surface area contributed by atoms with E-state index >= 15 is 0 Å². The molecule has 158 valence electrons. The highest BCUT2D eigenvalue weighted by Gasteiger charge is 2.25. The molecule has 3 rings (SSSR count). The molecule has 30 heavy (non-hydrogen) atoms. The van der Waals surface area contributed by atoms with Crippen molar-refractivity contribution in [1.82, 2.24) is 14.8 Å². The minimum Gasteiger partial charge on any atom is -0.494 e. The topological polar surface area (TPSA) is 95.1 Å². The van der Waals surface area contributed by atoms with Crippen LogP contribution in [0.15, 0.2) is 59.8 Å². The number of aryl methyl sites for hydroxylation is 1. The molecule has 7 nitrogen and oxygen atoms in total. The fourth-order valence-electron chi connectivity index (χ4n) is 3.10. The average molecular weight is 426 g/mol. The van der Waals surface area contributed by atoms with Crippen LogP contribution in [-0.4, -0.2) is 33.0 Å². The zero-order chi connectivity index (χ0) is 21.3. The summed E-state index contributed by atoms with van der Waals surface area (Å²) in [5.74, 6) is 1.67. The number of nitrogens with one attached hydrogen (secondary N) is 1. The molecule has 8 heteroatoms. The van der Waals surface area contributed by atoms with E-state index in [1.165, 1.54) is 5.56 Å². The average Bonchev–Trinajstić information content (AvgIpc) is 3.11. The number of nitrogen functional groups attached to an aromatic ring is 1. The molecule has 0 bridgehead atoms. The molecule has 0 saturated heterocycles. The first kappa shape index (κ1) is 21.7. The summed E-state index contributed by atoms with van der Waals surface area (Å²) < 4.78 is 7.16. The van der Waals surface area contributed by atoms with Crippen molar-refractivity contribution >= 4 is 29.3 Å². The summed E-state index contributed by atoms with van der Waals surface area (Å²) in [5.41, 5.74) is 8.02. The zero-order valence-corrected chi connectivity index (χ0v) is 18.1. The maximum Gasteiger partial charge on any atom is 0.247 e. The van der Waals surface area contributed by atoms with Gasteiger partial charge < -0.3 is 15.8 Å². The summed E-state index contributed by atoms with van der Waals surface area (Å²) in [7, 11) is 0. The molecule has 0 saturated carbocycles. The molecule has 0 fully saturated rings. The Labute approximate surface area is 181 Å². The van der Waals surface area contributed by atoms with Gasteiger partial charge in [0, 0.05) is 11.4 Å². The van der Waals surface area contributed by atoms with Crippen molar-refractivity contribution in [3.05, 3.63) is 60.2 Å². The van der Waals surface area contributed by atoms with Gasteiger partial charge in [-0.05, 0) is 49.6 Å². The van der Waals surface area contributed by atoms with Crippen molar-refractivity contribution in [3.63, 3.8) is 0 Å². The Morgan fingerprint density at radius 1 is 1.13 bits per heavy atom. The highest BCUT2D eigenvalue weighted by Crippen LogP contribution is 2.27. The molecule has 1 unspecified atom stereocenters. The van der Waals surface area contributed by atoms with Gasteiger partial charge in [0.25, 0.3) is 0 Å².